The van der Waals surface area contributed by atoms with E-state index >= 15 is 0 Å². The number of amides is 2. The second kappa shape index (κ2) is 16.3. The number of hydrogen-bond donors (Lipinski definition) is 5. The summed E-state index contributed by atoms with van der Waals surface area (Å²) in [5.74, 6) is 0.667. The lowest BCUT2D eigenvalue weighted by molar-refractivity contribution is -0.139. The molecule has 55 heavy (non-hydrogen) atoms. The molecule has 3 heterocycles. The summed E-state index contributed by atoms with van der Waals surface area (Å²) in [4.78, 5) is 27.7. The zero-order valence-electron chi connectivity index (χ0n) is 33.3. The number of fused-ring (bicyclic) bond motifs is 1. The van der Waals surface area contributed by atoms with Crippen molar-refractivity contribution in [2.24, 2.45) is 5.92 Å². The van der Waals surface area contributed by atoms with Crippen LogP contribution in [0.4, 0.5) is 0 Å². The van der Waals surface area contributed by atoms with E-state index in [0.29, 0.717) is 11.5 Å². The minimum atomic E-state index is -2.48. The molecule has 298 valence electrons. The van der Waals surface area contributed by atoms with Crippen molar-refractivity contribution in [3.63, 3.8) is 0 Å². The molecule has 3 fully saturated rings. The molecule has 0 aliphatic carbocycles. The third-order valence-corrected chi connectivity index (χ3v) is 15.9. The molecule has 0 aromatic heterocycles. The summed E-state index contributed by atoms with van der Waals surface area (Å²) in [6.07, 6.45) is -4.86. The van der Waals surface area contributed by atoms with Crippen LogP contribution in [0.1, 0.15) is 51.3 Å². The minimum Gasteiger partial charge on any atom is -0.497 e. The van der Waals surface area contributed by atoms with Gasteiger partial charge in [0.15, 0.2) is 14.6 Å². The summed E-state index contributed by atoms with van der Waals surface area (Å²) < 4.78 is 32.2. The van der Waals surface area contributed by atoms with Crippen molar-refractivity contribution in [3.05, 3.63) is 95.6 Å². The highest BCUT2D eigenvalue weighted by atomic mass is 28.4. The number of aliphatic hydroxyl groups is 1. The Balaban J connectivity index is 1.38. The number of rotatable bonds is 13. The Morgan fingerprint density at radius 3 is 2.04 bits per heavy atom. The molecule has 0 spiro atoms. The van der Waals surface area contributed by atoms with E-state index in [1.165, 1.54) is 0 Å². The van der Waals surface area contributed by atoms with Gasteiger partial charge in [-0.3, -0.25) is 20.2 Å². The highest BCUT2D eigenvalue weighted by Crippen LogP contribution is 2.44. The largest absolute Gasteiger partial charge is 0.497 e. The van der Waals surface area contributed by atoms with Crippen LogP contribution in [-0.4, -0.2) is 101 Å². The minimum absolute atomic E-state index is 0.0378. The summed E-state index contributed by atoms with van der Waals surface area (Å²) in [5, 5.41) is 24.4. The number of carbonyl (C=O) groups excluding carboxylic acids is 2. The van der Waals surface area contributed by atoms with Gasteiger partial charge in [0.05, 0.1) is 33.7 Å². The smallest absolute Gasteiger partial charge is 0.242 e. The molecule has 6 rings (SSSR count). The predicted molar refractivity (Wildman–Crippen MR) is 210 cm³/mol. The Morgan fingerprint density at radius 2 is 1.51 bits per heavy atom. The molecule has 5 N–H and O–H groups in total. The normalized spacial score (nSPS) is 26.1. The molecule has 0 radical (unpaired) electrons. The van der Waals surface area contributed by atoms with Crippen molar-refractivity contribution in [3.8, 4) is 11.5 Å². The van der Waals surface area contributed by atoms with Crippen LogP contribution in [-0.2, 0) is 29.1 Å². The monoisotopic (exact) mass is 775 g/mol. The quantitative estimate of drug-likeness (QED) is 0.127. The lowest BCUT2D eigenvalue weighted by Crippen LogP contribution is -2.72. The number of nitrogens with zero attached hydrogens (tertiary/aromatic N) is 1. The average molecular weight is 776 g/mol. The summed E-state index contributed by atoms with van der Waals surface area (Å²) in [6, 6.07) is 25.0. The van der Waals surface area contributed by atoms with Crippen molar-refractivity contribution in [2.75, 3.05) is 27.5 Å². The molecular weight excluding hydrogens is 719 g/mol. The molecule has 14 heteroatoms. The summed E-state index contributed by atoms with van der Waals surface area (Å²) in [5.41, 5.74) is 1.49. The third-order valence-electron chi connectivity index (χ3n) is 11.4. The molecule has 3 aromatic rings. The van der Waals surface area contributed by atoms with Crippen LogP contribution in [0.15, 0.2) is 78.9 Å². The first-order valence-corrected chi connectivity index (χ1v) is 21.9. The molecular formula is C41H57N5O8Si. The molecule has 13 nitrogen and oxygen atoms in total. The van der Waals surface area contributed by atoms with Gasteiger partial charge in [-0.25, -0.2) is 4.90 Å². The Labute approximate surface area is 325 Å². The van der Waals surface area contributed by atoms with Crippen LogP contribution in [0.5, 0.6) is 11.5 Å². The molecule has 0 saturated carbocycles. The van der Waals surface area contributed by atoms with E-state index < -0.39 is 57.0 Å². The van der Waals surface area contributed by atoms with E-state index in [-0.39, 0.29) is 36.0 Å². The molecule has 3 aliphatic heterocycles. The average Bonchev–Trinajstić information content (AvgIpc) is 3.72. The molecule has 3 aromatic carbocycles. The Bertz CT molecular complexity index is 1720. The fraction of sp³-hybridized carbons (Fsp3) is 0.512. The van der Waals surface area contributed by atoms with Gasteiger partial charge >= 0.3 is 0 Å². The van der Waals surface area contributed by atoms with Crippen molar-refractivity contribution in [1.82, 2.24) is 26.2 Å². The van der Waals surface area contributed by atoms with E-state index in [9.17, 15) is 14.7 Å². The fourth-order valence-corrected chi connectivity index (χ4v) is 8.51. The van der Waals surface area contributed by atoms with E-state index in [4.69, 9.17) is 23.4 Å². The van der Waals surface area contributed by atoms with Gasteiger partial charge in [0.25, 0.3) is 0 Å². The first-order valence-electron chi connectivity index (χ1n) is 19.0. The van der Waals surface area contributed by atoms with Gasteiger partial charge in [0.2, 0.25) is 11.8 Å². The third kappa shape index (κ3) is 8.19. The SMILES string of the molecule is COc1ccc(C(OC[C@H]2O[C@@H](N3CNC4C(=O)NC(NC(=O)C(C)C)NC43)[C@H](O)[C@@H]2O[Si](C)(C)C(C)(C)C)(c2ccccc2)c2ccc(OC)cc2)cc1. The predicted octanol–water partition coefficient (Wildman–Crippen LogP) is 3.82. The maximum atomic E-state index is 13.3. The van der Waals surface area contributed by atoms with E-state index in [2.05, 4.69) is 55.1 Å². The number of carbonyl (C=O) groups is 2. The standard InChI is InChI=1S/C41H57N5O8Si/c1-25(2)36(48)44-39-43-35-32(37(49)45-39)42-24-46(35)38-33(47)34(54-55(8,9)40(3,4)5)31(53-38)23-52-41(26-13-11-10-12-14-26,27-15-19-29(50-6)20-16-27)28-17-21-30(51-7)22-18-28/h10-22,25,31-35,38-39,42-43,47H,23-24H2,1-9H3,(H,44,48)(H,45,49)/t31-,32?,33-,34-,35?,38-,39?/m1/s1. The summed E-state index contributed by atoms with van der Waals surface area (Å²) in [6.45, 7) is 14.6. The Hall–Kier alpha value is -3.86. The summed E-state index contributed by atoms with van der Waals surface area (Å²) in [7, 11) is 0.790. The van der Waals surface area contributed by atoms with E-state index in [0.717, 1.165) is 16.7 Å². The van der Waals surface area contributed by atoms with Gasteiger partial charge in [-0.1, -0.05) is 89.2 Å². The van der Waals surface area contributed by atoms with Crippen LogP contribution in [0.25, 0.3) is 0 Å². The molecule has 3 aliphatic rings. The van der Waals surface area contributed by atoms with Crippen molar-refractivity contribution < 1.29 is 38.1 Å². The first-order chi connectivity index (χ1) is 26.1. The highest BCUT2D eigenvalue weighted by Gasteiger charge is 2.56. The summed E-state index contributed by atoms with van der Waals surface area (Å²) >= 11 is 0. The molecule has 7 atom stereocenters. The molecule has 2 amide bonds. The van der Waals surface area contributed by atoms with Crippen LogP contribution in [0, 0.1) is 5.92 Å². The van der Waals surface area contributed by atoms with E-state index in [1.54, 1.807) is 28.1 Å². The van der Waals surface area contributed by atoms with Gasteiger partial charge in [-0.05, 0) is 59.1 Å². The van der Waals surface area contributed by atoms with Gasteiger partial charge < -0.3 is 39.1 Å². The highest BCUT2D eigenvalue weighted by molar-refractivity contribution is 6.74. The second-order valence-corrected chi connectivity index (χ2v) is 21.0. The number of benzene rings is 3. The topological polar surface area (TPSA) is 152 Å². The number of methoxy groups -OCH3 is 2. The number of ether oxygens (including phenoxy) is 4. The van der Waals surface area contributed by atoms with Crippen LogP contribution in [0.3, 0.4) is 0 Å². The molecule has 3 saturated heterocycles. The molecule has 3 unspecified atom stereocenters. The Kier molecular flexibility index (Phi) is 12.1. The Morgan fingerprint density at radius 1 is 0.945 bits per heavy atom. The molecule has 0 bridgehead atoms. The number of nitrogens with one attached hydrogen (secondary N) is 4. The lowest BCUT2D eigenvalue weighted by Gasteiger charge is -2.41. The zero-order valence-corrected chi connectivity index (χ0v) is 34.3. The number of hydrogen-bond acceptors (Lipinski definition) is 11. The fourth-order valence-electron chi connectivity index (χ4n) is 7.18. The maximum absolute atomic E-state index is 13.3. The van der Waals surface area contributed by atoms with Gasteiger partial charge in [-0.2, -0.15) is 0 Å². The first kappa shape index (κ1) is 40.8. The van der Waals surface area contributed by atoms with Gasteiger partial charge in [-0.15, -0.1) is 0 Å². The van der Waals surface area contributed by atoms with Gasteiger partial charge in [0, 0.05) is 5.92 Å². The van der Waals surface area contributed by atoms with Gasteiger partial charge in [0.1, 0.15) is 47.7 Å². The van der Waals surface area contributed by atoms with Crippen LogP contribution in [0.2, 0.25) is 18.1 Å². The van der Waals surface area contributed by atoms with Crippen molar-refractivity contribution in [2.45, 2.75) is 101 Å². The zero-order chi connectivity index (χ0) is 39.7. The van der Waals surface area contributed by atoms with Crippen LogP contribution >= 0.6 is 0 Å². The second-order valence-electron chi connectivity index (χ2n) is 16.3. The number of aliphatic hydroxyl groups excluding tert-OH is 1. The van der Waals surface area contributed by atoms with E-state index in [1.807, 2.05) is 83.8 Å². The van der Waals surface area contributed by atoms with Crippen molar-refractivity contribution in [1.29, 1.82) is 0 Å². The maximum Gasteiger partial charge on any atom is 0.242 e. The lowest BCUT2D eigenvalue weighted by atomic mass is 9.80. The van der Waals surface area contributed by atoms with Crippen molar-refractivity contribution >= 4 is 20.1 Å². The van der Waals surface area contributed by atoms with Crippen LogP contribution < -0.4 is 30.7 Å².